The van der Waals surface area contributed by atoms with Crippen LogP contribution in [0.25, 0.3) is 11.0 Å². The van der Waals surface area contributed by atoms with Gasteiger partial charge < -0.3 is 10.6 Å². The molecule has 110 valence electrons. The first-order valence-electron chi connectivity index (χ1n) is 6.49. The lowest BCUT2D eigenvalue weighted by Gasteiger charge is -2.35. The van der Waals surface area contributed by atoms with Crippen molar-refractivity contribution in [2.45, 2.75) is 18.6 Å². The summed E-state index contributed by atoms with van der Waals surface area (Å²) in [7, 11) is 0. The molecule has 0 bridgehead atoms. The van der Waals surface area contributed by atoms with Gasteiger partial charge in [0.1, 0.15) is 23.3 Å². The van der Waals surface area contributed by atoms with Crippen molar-refractivity contribution in [3.63, 3.8) is 0 Å². The molecule has 1 aromatic carbocycles. The maximum atomic E-state index is 13.5. The van der Waals surface area contributed by atoms with Gasteiger partial charge in [-0.3, -0.25) is 9.97 Å². The molecule has 1 aliphatic rings. The summed E-state index contributed by atoms with van der Waals surface area (Å²) < 4.78 is 13.5. The van der Waals surface area contributed by atoms with Crippen LogP contribution in [0.3, 0.4) is 0 Å². The number of hydrogen-bond acceptors (Lipinski definition) is 5. The smallest absolute Gasteiger partial charge is 0.119 e. The van der Waals surface area contributed by atoms with Crippen molar-refractivity contribution in [1.82, 2.24) is 9.97 Å². The van der Waals surface area contributed by atoms with Crippen LogP contribution in [-0.2, 0) is 0 Å². The number of nitriles is 1. The number of rotatable bonds is 1. The standard InChI is InChI=1S/C14H14FN5.ClH/c15-10-3-6-20(8-11(10)17)12-2-1-9(7-16)13-14(12)19-5-4-18-13;/h1-2,4-5,10-11H,3,6,8,17H2;1H. The van der Waals surface area contributed by atoms with Gasteiger partial charge in [0.05, 0.1) is 17.3 Å². The van der Waals surface area contributed by atoms with Gasteiger partial charge in [0.2, 0.25) is 0 Å². The number of nitrogens with zero attached hydrogens (tertiary/aromatic N) is 4. The number of aromatic nitrogens is 2. The lowest BCUT2D eigenvalue weighted by Crippen LogP contribution is -2.49. The highest BCUT2D eigenvalue weighted by molar-refractivity contribution is 5.92. The van der Waals surface area contributed by atoms with Crippen molar-refractivity contribution in [2.75, 3.05) is 18.0 Å². The lowest BCUT2D eigenvalue weighted by molar-refractivity contribution is 0.245. The van der Waals surface area contributed by atoms with E-state index in [0.29, 0.717) is 36.1 Å². The van der Waals surface area contributed by atoms with E-state index in [-0.39, 0.29) is 12.4 Å². The summed E-state index contributed by atoms with van der Waals surface area (Å²) in [6.07, 6.45) is 2.60. The third-order valence-electron chi connectivity index (χ3n) is 3.64. The molecule has 0 amide bonds. The lowest BCUT2D eigenvalue weighted by atomic mass is 10.0. The molecular weight excluding hydrogens is 293 g/mol. The Morgan fingerprint density at radius 2 is 2.00 bits per heavy atom. The molecule has 0 spiro atoms. The summed E-state index contributed by atoms with van der Waals surface area (Å²) in [5, 5.41) is 9.11. The van der Waals surface area contributed by atoms with Gasteiger partial charge in [-0.1, -0.05) is 0 Å². The molecule has 0 radical (unpaired) electrons. The summed E-state index contributed by atoms with van der Waals surface area (Å²) in [5.74, 6) is 0. The largest absolute Gasteiger partial charge is 0.368 e. The monoisotopic (exact) mass is 307 g/mol. The number of anilines is 1. The van der Waals surface area contributed by atoms with E-state index in [4.69, 9.17) is 11.0 Å². The highest BCUT2D eigenvalue weighted by Gasteiger charge is 2.27. The molecule has 2 N–H and O–H groups in total. The minimum absolute atomic E-state index is 0. The number of fused-ring (bicyclic) bond motifs is 1. The maximum absolute atomic E-state index is 13.5. The predicted molar refractivity (Wildman–Crippen MR) is 81.2 cm³/mol. The normalized spacial score (nSPS) is 21.7. The molecule has 3 rings (SSSR count). The van der Waals surface area contributed by atoms with Gasteiger partial charge in [-0.25, -0.2) is 4.39 Å². The minimum Gasteiger partial charge on any atom is -0.368 e. The van der Waals surface area contributed by atoms with Crippen LogP contribution in [0.4, 0.5) is 10.1 Å². The van der Waals surface area contributed by atoms with Gasteiger partial charge in [-0.05, 0) is 18.6 Å². The van der Waals surface area contributed by atoms with E-state index in [0.717, 1.165) is 5.69 Å². The van der Waals surface area contributed by atoms with Gasteiger partial charge in [-0.15, -0.1) is 12.4 Å². The van der Waals surface area contributed by atoms with Gasteiger partial charge in [0.15, 0.2) is 0 Å². The van der Waals surface area contributed by atoms with Crippen LogP contribution in [0.15, 0.2) is 24.5 Å². The van der Waals surface area contributed by atoms with Crippen LogP contribution in [0.5, 0.6) is 0 Å². The van der Waals surface area contributed by atoms with E-state index in [1.807, 2.05) is 11.0 Å². The zero-order chi connectivity index (χ0) is 14.1. The molecule has 0 aliphatic carbocycles. The molecule has 2 atom stereocenters. The van der Waals surface area contributed by atoms with Crippen LogP contribution in [0, 0.1) is 11.3 Å². The fourth-order valence-corrected chi connectivity index (χ4v) is 2.56. The molecule has 21 heavy (non-hydrogen) atoms. The zero-order valence-corrected chi connectivity index (χ0v) is 12.1. The Morgan fingerprint density at radius 1 is 1.29 bits per heavy atom. The number of nitrogens with two attached hydrogens (primary N) is 1. The van der Waals surface area contributed by atoms with Crippen molar-refractivity contribution in [3.05, 3.63) is 30.1 Å². The highest BCUT2D eigenvalue weighted by Crippen LogP contribution is 2.28. The molecule has 2 unspecified atom stereocenters. The van der Waals surface area contributed by atoms with Crippen LogP contribution < -0.4 is 10.6 Å². The number of benzene rings is 1. The third kappa shape index (κ3) is 2.75. The maximum Gasteiger partial charge on any atom is 0.119 e. The molecular formula is C14H15ClFN5. The quantitative estimate of drug-likeness (QED) is 0.869. The fourth-order valence-electron chi connectivity index (χ4n) is 2.56. The number of hydrogen-bond donors (Lipinski definition) is 1. The van der Waals surface area contributed by atoms with E-state index >= 15 is 0 Å². The minimum atomic E-state index is -0.956. The van der Waals surface area contributed by atoms with Crippen molar-refractivity contribution in [1.29, 1.82) is 5.26 Å². The van der Waals surface area contributed by atoms with Crippen LogP contribution in [-0.4, -0.2) is 35.3 Å². The van der Waals surface area contributed by atoms with Gasteiger partial charge in [0, 0.05) is 25.5 Å². The molecule has 2 heterocycles. The fraction of sp³-hybridized carbons (Fsp3) is 0.357. The Bertz CT molecular complexity index is 687. The van der Waals surface area contributed by atoms with Crippen LogP contribution >= 0.6 is 12.4 Å². The van der Waals surface area contributed by atoms with Crippen molar-refractivity contribution < 1.29 is 4.39 Å². The van der Waals surface area contributed by atoms with Gasteiger partial charge in [0.25, 0.3) is 0 Å². The molecule has 1 fully saturated rings. The second-order valence-corrected chi connectivity index (χ2v) is 4.91. The first-order valence-corrected chi connectivity index (χ1v) is 6.49. The first-order chi connectivity index (χ1) is 9.70. The van der Waals surface area contributed by atoms with Crippen LogP contribution in [0.1, 0.15) is 12.0 Å². The second kappa shape index (κ2) is 6.20. The Labute approximate surface area is 128 Å². The van der Waals surface area contributed by atoms with E-state index in [1.54, 1.807) is 18.5 Å². The molecule has 1 saturated heterocycles. The SMILES string of the molecule is Cl.N#Cc1ccc(N2CCC(F)C(N)C2)c2nccnc12. The van der Waals surface area contributed by atoms with Crippen LogP contribution in [0.2, 0.25) is 0 Å². The van der Waals surface area contributed by atoms with Gasteiger partial charge >= 0.3 is 0 Å². The summed E-state index contributed by atoms with van der Waals surface area (Å²) >= 11 is 0. The average Bonchev–Trinajstić information content (AvgIpc) is 2.49. The Hall–Kier alpha value is -1.97. The number of alkyl halides is 1. The first kappa shape index (κ1) is 15.4. The summed E-state index contributed by atoms with van der Waals surface area (Å²) in [6.45, 7) is 1.03. The molecule has 5 nitrogen and oxygen atoms in total. The summed E-state index contributed by atoms with van der Waals surface area (Å²) in [5.41, 5.74) is 8.38. The third-order valence-corrected chi connectivity index (χ3v) is 3.64. The topological polar surface area (TPSA) is 78.8 Å². The van der Waals surface area contributed by atoms with Crippen molar-refractivity contribution in [2.24, 2.45) is 5.73 Å². The van der Waals surface area contributed by atoms with Gasteiger partial charge in [-0.2, -0.15) is 5.26 Å². The Kier molecular flexibility index (Phi) is 4.56. The number of halogens is 2. The van der Waals surface area contributed by atoms with E-state index in [1.165, 1.54) is 0 Å². The van der Waals surface area contributed by atoms with E-state index in [2.05, 4.69) is 16.0 Å². The average molecular weight is 308 g/mol. The molecule has 1 aliphatic heterocycles. The molecule has 0 saturated carbocycles. The summed E-state index contributed by atoms with van der Waals surface area (Å²) in [6, 6.07) is 5.17. The molecule has 1 aromatic heterocycles. The molecule has 7 heteroatoms. The van der Waals surface area contributed by atoms with E-state index in [9.17, 15) is 4.39 Å². The highest BCUT2D eigenvalue weighted by atomic mass is 35.5. The second-order valence-electron chi connectivity index (χ2n) is 4.91. The Morgan fingerprint density at radius 3 is 2.67 bits per heavy atom. The molecule has 2 aromatic rings. The number of piperidine rings is 1. The van der Waals surface area contributed by atoms with Crippen molar-refractivity contribution >= 4 is 29.1 Å². The Balaban J connectivity index is 0.00000161. The zero-order valence-electron chi connectivity index (χ0n) is 11.2. The predicted octanol–water partition coefficient (Wildman–Crippen LogP) is 1.80. The van der Waals surface area contributed by atoms with E-state index < -0.39 is 12.2 Å². The van der Waals surface area contributed by atoms with Crippen molar-refractivity contribution in [3.8, 4) is 6.07 Å². The summed E-state index contributed by atoms with van der Waals surface area (Å²) in [4.78, 5) is 10.6.